The number of nitrogens with zero attached hydrogens (tertiary/aromatic N) is 3. The van der Waals surface area contributed by atoms with E-state index in [2.05, 4.69) is 44.5 Å². The van der Waals surface area contributed by atoms with Crippen LogP contribution in [0.2, 0.25) is 0 Å². The first-order valence-corrected chi connectivity index (χ1v) is 11.5. The van der Waals surface area contributed by atoms with E-state index in [0.29, 0.717) is 27.5 Å². The van der Waals surface area contributed by atoms with Gasteiger partial charge in [-0.25, -0.2) is 9.97 Å². The lowest BCUT2D eigenvalue weighted by Crippen LogP contribution is -2.36. The third-order valence-corrected chi connectivity index (χ3v) is 7.46. The molecular formula is C23H27N5OS. The van der Waals surface area contributed by atoms with Crippen LogP contribution < -0.4 is 16.0 Å². The van der Waals surface area contributed by atoms with Gasteiger partial charge in [0.2, 0.25) is 0 Å². The third kappa shape index (κ3) is 3.74. The maximum Gasteiger partial charge on any atom is 0.263 e. The Hall–Kier alpha value is -2.67. The van der Waals surface area contributed by atoms with E-state index >= 15 is 0 Å². The monoisotopic (exact) mass is 421 g/mol. The number of piperidine rings is 1. The smallest absolute Gasteiger partial charge is 0.263 e. The molecule has 156 valence electrons. The molecule has 1 aliphatic carbocycles. The fraction of sp³-hybridized carbons (Fsp3) is 0.435. The highest BCUT2D eigenvalue weighted by molar-refractivity contribution is 7.21. The van der Waals surface area contributed by atoms with Crippen molar-refractivity contribution in [2.45, 2.75) is 32.6 Å². The predicted molar refractivity (Wildman–Crippen MR) is 122 cm³/mol. The molecule has 1 saturated heterocycles. The molecule has 7 heteroatoms. The SMILES string of the molecule is Cc1cnc2c(N)c(C(=O)NCCc3ccc(N4CC5CCC(C5)C4)cc3)sc2n1. The molecule has 0 radical (unpaired) electrons. The first-order chi connectivity index (χ1) is 14.6. The number of carbonyl (C=O) groups is 1. The normalized spacial score (nSPS) is 20.6. The summed E-state index contributed by atoms with van der Waals surface area (Å²) >= 11 is 1.30. The molecule has 6 nitrogen and oxygen atoms in total. The molecule has 2 fully saturated rings. The maximum absolute atomic E-state index is 12.6. The summed E-state index contributed by atoms with van der Waals surface area (Å²) in [5.41, 5.74) is 10.5. The van der Waals surface area contributed by atoms with Gasteiger partial charge in [-0.1, -0.05) is 12.1 Å². The van der Waals surface area contributed by atoms with Crippen LogP contribution in [0.1, 0.15) is 40.2 Å². The van der Waals surface area contributed by atoms with Crippen molar-refractivity contribution in [3.63, 3.8) is 0 Å². The second-order valence-electron chi connectivity index (χ2n) is 8.63. The molecule has 0 spiro atoms. The first-order valence-electron chi connectivity index (χ1n) is 10.7. The van der Waals surface area contributed by atoms with Gasteiger partial charge in [0.25, 0.3) is 5.91 Å². The lowest BCUT2D eigenvalue weighted by Gasteiger charge is -2.33. The van der Waals surface area contributed by atoms with Gasteiger partial charge in [0.1, 0.15) is 15.2 Å². The number of aromatic nitrogens is 2. The molecule has 3 aromatic rings. The van der Waals surface area contributed by atoms with Crippen molar-refractivity contribution in [2.75, 3.05) is 30.3 Å². The average Bonchev–Trinajstić information content (AvgIpc) is 3.26. The van der Waals surface area contributed by atoms with Crippen LogP contribution in [0, 0.1) is 18.8 Å². The minimum atomic E-state index is -0.157. The molecule has 1 aliphatic heterocycles. The molecule has 30 heavy (non-hydrogen) atoms. The zero-order valence-electron chi connectivity index (χ0n) is 17.2. The minimum absolute atomic E-state index is 0.157. The zero-order valence-corrected chi connectivity index (χ0v) is 18.0. The van der Waals surface area contributed by atoms with Gasteiger partial charge in [-0.2, -0.15) is 0 Å². The van der Waals surface area contributed by atoms with E-state index in [-0.39, 0.29) is 5.91 Å². The number of benzene rings is 1. The molecule has 2 aliphatic rings. The quantitative estimate of drug-likeness (QED) is 0.655. The number of amides is 1. The fourth-order valence-electron chi connectivity index (χ4n) is 4.83. The number of anilines is 2. The number of thiophene rings is 1. The highest BCUT2D eigenvalue weighted by Gasteiger charge is 2.32. The van der Waals surface area contributed by atoms with E-state index in [1.165, 1.54) is 54.9 Å². The summed E-state index contributed by atoms with van der Waals surface area (Å²) in [6, 6.07) is 8.82. The van der Waals surface area contributed by atoms with Gasteiger partial charge in [0, 0.05) is 31.5 Å². The Labute approximate surface area is 180 Å². The highest BCUT2D eigenvalue weighted by Crippen LogP contribution is 2.38. The van der Waals surface area contributed by atoms with E-state index in [4.69, 9.17) is 5.73 Å². The zero-order chi connectivity index (χ0) is 20.7. The molecule has 2 bridgehead atoms. The van der Waals surface area contributed by atoms with Gasteiger partial charge in [0.05, 0.1) is 11.4 Å². The molecular weight excluding hydrogens is 394 g/mol. The summed E-state index contributed by atoms with van der Waals surface area (Å²) in [4.78, 5) is 25.1. The number of aryl methyl sites for hydroxylation is 1. The van der Waals surface area contributed by atoms with Gasteiger partial charge in [0.15, 0.2) is 0 Å². The topological polar surface area (TPSA) is 84.1 Å². The van der Waals surface area contributed by atoms with Gasteiger partial charge in [-0.15, -0.1) is 11.3 Å². The van der Waals surface area contributed by atoms with Crippen molar-refractivity contribution in [3.8, 4) is 0 Å². The van der Waals surface area contributed by atoms with Crippen LogP contribution in [-0.4, -0.2) is 35.5 Å². The van der Waals surface area contributed by atoms with Crippen LogP contribution in [0.5, 0.6) is 0 Å². The van der Waals surface area contributed by atoms with Gasteiger partial charge < -0.3 is 16.0 Å². The van der Waals surface area contributed by atoms with Gasteiger partial charge in [-0.3, -0.25) is 4.79 Å². The van der Waals surface area contributed by atoms with Crippen molar-refractivity contribution in [1.82, 2.24) is 15.3 Å². The van der Waals surface area contributed by atoms with E-state index in [0.717, 1.165) is 24.0 Å². The highest BCUT2D eigenvalue weighted by atomic mass is 32.1. The number of nitrogens with one attached hydrogen (secondary N) is 1. The molecule has 3 N–H and O–H groups in total. The number of hydrogen-bond acceptors (Lipinski definition) is 6. The number of fused-ring (bicyclic) bond motifs is 3. The van der Waals surface area contributed by atoms with Crippen LogP contribution in [-0.2, 0) is 6.42 Å². The Bertz CT molecular complexity index is 1070. The Morgan fingerprint density at radius 2 is 1.97 bits per heavy atom. The van der Waals surface area contributed by atoms with E-state index in [1.807, 2.05) is 6.92 Å². The third-order valence-electron chi connectivity index (χ3n) is 6.37. The largest absolute Gasteiger partial charge is 0.396 e. The first kappa shape index (κ1) is 19.3. The average molecular weight is 422 g/mol. The van der Waals surface area contributed by atoms with Gasteiger partial charge >= 0.3 is 0 Å². The van der Waals surface area contributed by atoms with Crippen LogP contribution in [0.4, 0.5) is 11.4 Å². The number of hydrogen-bond donors (Lipinski definition) is 2. The maximum atomic E-state index is 12.6. The van der Waals surface area contributed by atoms with Gasteiger partial charge in [-0.05, 0) is 62.1 Å². The number of rotatable bonds is 5. The molecule has 1 aromatic carbocycles. The molecule has 1 saturated carbocycles. The Morgan fingerprint density at radius 1 is 1.23 bits per heavy atom. The molecule has 1 amide bonds. The van der Waals surface area contributed by atoms with Crippen molar-refractivity contribution >= 4 is 39.0 Å². The Kier molecular flexibility index (Phi) is 5.06. The fourth-order valence-corrected chi connectivity index (χ4v) is 5.85. The second-order valence-corrected chi connectivity index (χ2v) is 9.63. The molecule has 5 rings (SSSR count). The van der Waals surface area contributed by atoms with Crippen molar-refractivity contribution in [2.24, 2.45) is 11.8 Å². The predicted octanol–water partition coefficient (Wildman–Crippen LogP) is 3.79. The second kappa shape index (κ2) is 7.87. The summed E-state index contributed by atoms with van der Waals surface area (Å²) in [6.45, 7) is 4.85. The number of nitrogens with two attached hydrogens (primary N) is 1. The van der Waals surface area contributed by atoms with Crippen LogP contribution in [0.25, 0.3) is 10.3 Å². The summed E-state index contributed by atoms with van der Waals surface area (Å²) in [6.07, 6.45) is 6.68. The number of nitrogen functional groups attached to an aromatic ring is 1. The van der Waals surface area contributed by atoms with E-state index in [9.17, 15) is 4.79 Å². The van der Waals surface area contributed by atoms with Crippen molar-refractivity contribution < 1.29 is 4.79 Å². The summed E-state index contributed by atoms with van der Waals surface area (Å²) in [7, 11) is 0. The summed E-state index contributed by atoms with van der Waals surface area (Å²) in [5.74, 6) is 1.61. The van der Waals surface area contributed by atoms with E-state index in [1.54, 1.807) is 6.20 Å². The van der Waals surface area contributed by atoms with Crippen LogP contribution in [0.3, 0.4) is 0 Å². The molecule has 2 unspecified atom stereocenters. The summed E-state index contributed by atoms with van der Waals surface area (Å²) in [5, 5.41) is 2.99. The van der Waals surface area contributed by atoms with Crippen LogP contribution in [0.15, 0.2) is 30.5 Å². The van der Waals surface area contributed by atoms with Crippen LogP contribution >= 0.6 is 11.3 Å². The van der Waals surface area contributed by atoms with Crippen molar-refractivity contribution in [1.29, 1.82) is 0 Å². The van der Waals surface area contributed by atoms with E-state index < -0.39 is 0 Å². The molecule has 3 heterocycles. The Morgan fingerprint density at radius 3 is 2.70 bits per heavy atom. The van der Waals surface area contributed by atoms with Crippen molar-refractivity contribution in [3.05, 3.63) is 46.6 Å². The lowest BCUT2D eigenvalue weighted by atomic mass is 9.98. The lowest BCUT2D eigenvalue weighted by molar-refractivity contribution is 0.0959. The molecule has 2 aromatic heterocycles. The Balaban J connectivity index is 1.18. The standard InChI is InChI=1S/C23H27N5OS/c1-14-11-26-20-19(24)21(30-23(20)27-14)22(29)25-9-8-15-4-6-18(7-5-15)28-12-16-2-3-17(10-16)13-28/h4-7,11,16-17H,2-3,8-10,12-13,24H2,1H3,(H,25,29). The summed E-state index contributed by atoms with van der Waals surface area (Å²) < 4.78 is 0. The number of carbonyl (C=O) groups excluding carboxylic acids is 1. The minimum Gasteiger partial charge on any atom is -0.396 e. The molecule has 2 atom stereocenters.